The first-order valence-electron chi connectivity index (χ1n) is 9.83. The molecule has 2 aromatic rings. The van der Waals surface area contributed by atoms with Gasteiger partial charge in [0.15, 0.2) is 11.5 Å². The molecule has 2 aliphatic rings. The zero-order valence-electron chi connectivity index (χ0n) is 16.7. The van der Waals surface area contributed by atoms with Gasteiger partial charge >= 0.3 is 0 Å². The highest BCUT2D eigenvalue weighted by Gasteiger charge is 2.26. The van der Waals surface area contributed by atoms with E-state index < -0.39 is 10.0 Å². The third-order valence-corrected chi connectivity index (χ3v) is 7.05. The number of fused-ring (bicyclic) bond motifs is 1. The molecule has 2 aliphatic heterocycles. The molecule has 0 bridgehead atoms. The number of carbonyl (C=O) groups excluding carboxylic acids is 1. The molecule has 0 unspecified atom stereocenters. The Balaban J connectivity index is 1.43. The monoisotopic (exact) mass is 432 g/mol. The molecule has 1 atom stereocenters. The minimum absolute atomic E-state index is 0.167. The number of sulfonamides is 1. The van der Waals surface area contributed by atoms with E-state index in [1.165, 1.54) is 28.6 Å². The highest BCUT2D eigenvalue weighted by Crippen LogP contribution is 2.32. The minimum atomic E-state index is -3.58. The summed E-state index contributed by atoms with van der Waals surface area (Å²) in [4.78, 5) is 12.8. The second-order valence-corrected chi connectivity index (χ2v) is 9.08. The summed E-state index contributed by atoms with van der Waals surface area (Å²) >= 11 is 0. The molecule has 8 nitrogen and oxygen atoms in total. The number of nitrogens with zero attached hydrogens (tertiary/aromatic N) is 1. The van der Waals surface area contributed by atoms with Gasteiger partial charge in [-0.05, 0) is 48.9 Å². The fraction of sp³-hybridized carbons (Fsp3) is 0.381. The van der Waals surface area contributed by atoms with Gasteiger partial charge < -0.3 is 19.5 Å². The Morgan fingerprint density at radius 2 is 1.63 bits per heavy atom. The molecule has 1 saturated heterocycles. The number of morpholine rings is 1. The van der Waals surface area contributed by atoms with Gasteiger partial charge in [0, 0.05) is 18.7 Å². The van der Waals surface area contributed by atoms with Crippen molar-refractivity contribution in [1.29, 1.82) is 0 Å². The summed E-state index contributed by atoms with van der Waals surface area (Å²) in [7, 11) is -3.58. The Labute approximate surface area is 175 Å². The minimum Gasteiger partial charge on any atom is -0.486 e. The van der Waals surface area contributed by atoms with E-state index in [-0.39, 0.29) is 16.8 Å². The number of rotatable bonds is 5. The molecule has 2 heterocycles. The molecule has 160 valence electrons. The van der Waals surface area contributed by atoms with Crippen LogP contribution in [0.15, 0.2) is 47.4 Å². The summed E-state index contributed by atoms with van der Waals surface area (Å²) in [5.74, 6) is 1.07. The average molecular weight is 432 g/mol. The molecule has 1 fully saturated rings. The van der Waals surface area contributed by atoms with E-state index in [9.17, 15) is 13.2 Å². The number of nitrogens with one attached hydrogen (secondary N) is 1. The van der Waals surface area contributed by atoms with Gasteiger partial charge in [-0.1, -0.05) is 6.07 Å². The first-order chi connectivity index (χ1) is 14.4. The SMILES string of the molecule is C[C@H](NC(=O)c1ccc(S(=O)(=O)N2CCOCC2)cc1)c1ccc2c(c1)OCCO2. The van der Waals surface area contributed by atoms with E-state index >= 15 is 0 Å². The molecule has 1 N–H and O–H groups in total. The Morgan fingerprint density at radius 1 is 0.967 bits per heavy atom. The van der Waals surface area contributed by atoms with Crippen LogP contribution in [0.1, 0.15) is 28.9 Å². The summed E-state index contributed by atoms with van der Waals surface area (Å²) in [6.45, 7) is 4.33. The van der Waals surface area contributed by atoms with E-state index in [1.807, 2.05) is 25.1 Å². The lowest BCUT2D eigenvalue weighted by molar-refractivity contribution is 0.0730. The largest absolute Gasteiger partial charge is 0.486 e. The molecule has 2 aromatic carbocycles. The highest BCUT2D eigenvalue weighted by atomic mass is 32.2. The zero-order chi connectivity index (χ0) is 21.1. The Bertz CT molecular complexity index is 1020. The highest BCUT2D eigenvalue weighted by molar-refractivity contribution is 7.89. The first kappa shape index (κ1) is 20.6. The van der Waals surface area contributed by atoms with Crippen molar-refractivity contribution < 1.29 is 27.4 Å². The predicted octanol–water partition coefficient (Wildman–Crippen LogP) is 1.97. The molecule has 0 aliphatic carbocycles. The van der Waals surface area contributed by atoms with Gasteiger partial charge in [0.25, 0.3) is 5.91 Å². The Morgan fingerprint density at radius 3 is 2.33 bits per heavy atom. The summed E-state index contributed by atoms with van der Waals surface area (Å²) in [5, 5.41) is 2.93. The van der Waals surface area contributed by atoms with Crippen LogP contribution < -0.4 is 14.8 Å². The number of ether oxygens (including phenoxy) is 3. The molecule has 0 spiro atoms. The molecule has 30 heavy (non-hydrogen) atoms. The van der Waals surface area contributed by atoms with E-state index in [0.29, 0.717) is 56.6 Å². The fourth-order valence-corrected chi connectivity index (χ4v) is 4.81. The Hall–Kier alpha value is -2.62. The quantitative estimate of drug-likeness (QED) is 0.776. The number of benzene rings is 2. The van der Waals surface area contributed by atoms with Crippen molar-refractivity contribution in [3.8, 4) is 11.5 Å². The Kier molecular flexibility index (Phi) is 5.94. The van der Waals surface area contributed by atoms with Gasteiger partial charge in [-0.3, -0.25) is 4.79 Å². The number of amides is 1. The van der Waals surface area contributed by atoms with Crippen molar-refractivity contribution in [1.82, 2.24) is 9.62 Å². The summed E-state index contributed by atoms with van der Waals surface area (Å²) in [6.07, 6.45) is 0. The summed E-state index contributed by atoms with van der Waals surface area (Å²) in [5.41, 5.74) is 1.28. The number of carbonyl (C=O) groups is 1. The van der Waals surface area contributed by atoms with Crippen molar-refractivity contribution in [2.75, 3.05) is 39.5 Å². The van der Waals surface area contributed by atoms with Gasteiger partial charge in [-0.25, -0.2) is 8.42 Å². The van der Waals surface area contributed by atoms with Crippen molar-refractivity contribution in [2.45, 2.75) is 17.9 Å². The lowest BCUT2D eigenvalue weighted by Gasteiger charge is -2.26. The third-order valence-electron chi connectivity index (χ3n) is 5.14. The maximum atomic E-state index is 12.7. The van der Waals surface area contributed by atoms with Crippen LogP contribution in [-0.2, 0) is 14.8 Å². The summed E-state index contributed by atoms with van der Waals surface area (Å²) < 4.78 is 43.1. The van der Waals surface area contributed by atoms with Crippen molar-refractivity contribution in [3.63, 3.8) is 0 Å². The van der Waals surface area contributed by atoms with Crippen molar-refractivity contribution >= 4 is 15.9 Å². The smallest absolute Gasteiger partial charge is 0.251 e. The number of hydrogen-bond acceptors (Lipinski definition) is 6. The molecular weight excluding hydrogens is 408 g/mol. The zero-order valence-corrected chi connectivity index (χ0v) is 17.5. The molecule has 1 amide bonds. The fourth-order valence-electron chi connectivity index (χ4n) is 3.41. The molecule has 4 rings (SSSR count). The molecule has 0 radical (unpaired) electrons. The van der Waals surface area contributed by atoms with E-state index in [1.54, 1.807) is 0 Å². The van der Waals surface area contributed by atoms with Gasteiger partial charge in [0.2, 0.25) is 10.0 Å². The lowest BCUT2D eigenvalue weighted by atomic mass is 10.1. The second-order valence-electron chi connectivity index (χ2n) is 7.14. The van der Waals surface area contributed by atoms with Crippen molar-refractivity contribution in [3.05, 3.63) is 53.6 Å². The van der Waals surface area contributed by atoms with E-state index in [4.69, 9.17) is 14.2 Å². The molecule has 0 aromatic heterocycles. The maximum Gasteiger partial charge on any atom is 0.251 e. The third kappa shape index (κ3) is 4.28. The maximum absolute atomic E-state index is 12.7. The van der Waals surface area contributed by atoms with Crippen LogP contribution in [0.3, 0.4) is 0 Å². The van der Waals surface area contributed by atoms with Gasteiger partial charge in [-0.2, -0.15) is 4.31 Å². The van der Waals surface area contributed by atoms with Gasteiger partial charge in [0.1, 0.15) is 13.2 Å². The van der Waals surface area contributed by atoms with Crippen LogP contribution in [0.5, 0.6) is 11.5 Å². The van der Waals surface area contributed by atoms with E-state index in [0.717, 1.165) is 5.56 Å². The predicted molar refractivity (Wildman–Crippen MR) is 109 cm³/mol. The number of hydrogen-bond donors (Lipinski definition) is 1. The standard InChI is InChI=1S/C21H24N2O6S/c1-15(17-4-7-19-20(14-17)29-13-12-28-19)22-21(24)16-2-5-18(6-3-16)30(25,26)23-8-10-27-11-9-23/h2-7,14-15H,8-13H2,1H3,(H,22,24)/t15-/m0/s1. The van der Waals surface area contributed by atoms with Crippen LogP contribution in [0.4, 0.5) is 0 Å². The molecule has 0 saturated carbocycles. The topological polar surface area (TPSA) is 94.2 Å². The normalized spacial score (nSPS) is 17.9. The molecular formula is C21H24N2O6S. The van der Waals surface area contributed by atoms with Crippen LogP contribution in [-0.4, -0.2) is 58.1 Å². The summed E-state index contributed by atoms with van der Waals surface area (Å²) in [6, 6.07) is 11.3. The average Bonchev–Trinajstić information content (AvgIpc) is 2.79. The first-order valence-corrected chi connectivity index (χ1v) is 11.3. The molecule has 9 heteroatoms. The van der Waals surface area contributed by atoms with Crippen LogP contribution >= 0.6 is 0 Å². The van der Waals surface area contributed by atoms with Crippen LogP contribution in [0, 0.1) is 0 Å². The second kappa shape index (κ2) is 8.63. The van der Waals surface area contributed by atoms with Crippen LogP contribution in [0.25, 0.3) is 0 Å². The van der Waals surface area contributed by atoms with Crippen LogP contribution in [0.2, 0.25) is 0 Å². The van der Waals surface area contributed by atoms with Crippen molar-refractivity contribution in [2.24, 2.45) is 0 Å². The van der Waals surface area contributed by atoms with Gasteiger partial charge in [0.05, 0.1) is 24.2 Å². The van der Waals surface area contributed by atoms with E-state index in [2.05, 4.69) is 5.32 Å². The van der Waals surface area contributed by atoms with Gasteiger partial charge in [-0.15, -0.1) is 0 Å². The lowest BCUT2D eigenvalue weighted by Crippen LogP contribution is -2.40.